The highest BCUT2D eigenvalue weighted by Crippen LogP contribution is 2.30. The Morgan fingerprint density at radius 2 is 2.07 bits per heavy atom. The number of aliphatic hydroxyl groups is 1. The van der Waals surface area contributed by atoms with Crippen LogP contribution >= 0.6 is 0 Å². The lowest BCUT2D eigenvalue weighted by Gasteiger charge is -2.12. The molecule has 0 spiro atoms. The van der Waals surface area contributed by atoms with E-state index < -0.39 is 6.10 Å². The number of benzene rings is 1. The van der Waals surface area contributed by atoms with E-state index in [2.05, 4.69) is 0 Å². The molecule has 14 heavy (non-hydrogen) atoms. The van der Waals surface area contributed by atoms with Gasteiger partial charge in [-0.15, -0.1) is 0 Å². The minimum atomic E-state index is -0.486. The van der Waals surface area contributed by atoms with Crippen molar-refractivity contribution in [3.05, 3.63) is 23.8 Å². The molecule has 1 aromatic carbocycles. The van der Waals surface area contributed by atoms with E-state index in [0.717, 1.165) is 5.56 Å². The van der Waals surface area contributed by atoms with E-state index in [9.17, 15) is 5.11 Å². The van der Waals surface area contributed by atoms with Crippen LogP contribution in [0.3, 0.4) is 0 Å². The van der Waals surface area contributed by atoms with Crippen molar-refractivity contribution in [3.63, 3.8) is 0 Å². The van der Waals surface area contributed by atoms with Gasteiger partial charge in [0.05, 0.1) is 19.8 Å². The van der Waals surface area contributed by atoms with Crippen LogP contribution in [0.4, 0.5) is 0 Å². The topological polar surface area (TPSA) is 38.7 Å². The Bertz CT molecular complexity index is 295. The number of hydrogen-bond donors (Lipinski definition) is 1. The second kappa shape index (κ2) is 4.86. The lowest BCUT2D eigenvalue weighted by molar-refractivity contribution is 0.198. The van der Waals surface area contributed by atoms with Crippen molar-refractivity contribution in [1.29, 1.82) is 0 Å². The van der Waals surface area contributed by atoms with Gasteiger partial charge in [-0.25, -0.2) is 0 Å². The van der Waals surface area contributed by atoms with Crippen LogP contribution in [0.15, 0.2) is 18.2 Å². The number of rotatable bonds is 4. The fraction of sp³-hybridized carbons (Fsp3) is 0.455. The molecular weight excluding hydrogens is 180 g/mol. The van der Waals surface area contributed by atoms with Gasteiger partial charge in [0.15, 0.2) is 11.5 Å². The lowest BCUT2D eigenvalue weighted by atomic mass is 10.1. The Kier molecular flexibility index (Phi) is 3.77. The Balaban J connectivity index is 3.01. The van der Waals surface area contributed by atoms with Gasteiger partial charge in [-0.3, -0.25) is 0 Å². The van der Waals surface area contributed by atoms with E-state index in [0.29, 0.717) is 18.1 Å². The predicted molar refractivity (Wildman–Crippen MR) is 54.8 cm³/mol. The maximum Gasteiger partial charge on any atom is 0.161 e. The molecule has 1 atom stereocenters. The summed E-state index contributed by atoms with van der Waals surface area (Å²) in [6, 6.07) is 5.42. The molecule has 0 radical (unpaired) electrons. The van der Waals surface area contributed by atoms with Crippen molar-refractivity contribution in [2.45, 2.75) is 20.0 Å². The quantitative estimate of drug-likeness (QED) is 0.801. The largest absolute Gasteiger partial charge is 0.493 e. The summed E-state index contributed by atoms with van der Waals surface area (Å²) in [6.45, 7) is 4.21. The monoisotopic (exact) mass is 196 g/mol. The molecule has 0 amide bonds. The van der Waals surface area contributed by atoms with Crippen molar-refractivity contribution < 1.29 is 14.6 Å². The zero-order valence-electron chi connectivity index (χ0n) is 8.78. The summed E-state index contributed by atoms with van der Waals surface area (Å²) < 4.78 is 10.5. The average molecular weight is 196 g/mol. The summed E-state index contributed by atoms with van der Waals surface area (Å²) in [4.78, 5) is 0. The molecule has 0 aliphatic heterocycles. The van der Waals surface area contributed by atoms with Crippen LogP contribution in [0.5, 0.6) is 11.5 Å². The molecule has 3 nitrogen and oxygen atoms in total. The first-order valence-corrected chi connectivity index (χ1v) is 4.67. The van der Waals surface area contributed by atoms with Gasteiger partial charge in [-0.05, 0) is 31.5 Å². The van der Waals surface area contributed by atoms with Crippen LogP contribution in [0.2, 0.25) is 0 Å². The van der Waals surface area contributed by atoms with Gasteiger partial charge in [-0.1, -0.05) is 6.07 Å². The third-order valence-corrected chi connectivity index (χ3v) is 1.97. The molecule has 0 aromatic heterocycles. The van der Waals surface area contributed by atoms with E-state index in [1.54, 1.807) is 26.2 Å². The smallest absolute Gasteiger partial charge is 0.161 e. The van der Waals surface area contributed by atoms with Crippen LogP contribution < -0.4 is 9.47 Å². The molecule has 1 aromatic rings. The van der Waals surface area contributed by atoms with E-state index in [1.807, 2.05) is 13.0 Å². The first-order chi connectivity index (χ1) is 6.69. The fourth-order valence-electron chi connectivity index (χ4n) is 1.22. The first kappa shape index (κ1) is 10.9. The zero-order valence-corrected chi connectivity index (χ0v) is 8.78. The van der Waals surface area contributed by atoms with Gasteiger partial charge in [0, 0.05) is 0 Å². The van der Waals surface area contributed by atoms with Crippen molar-refractivity contribution >= 4 is 0 Å². The van der Waals surface area contributed by atoms with E-state index >= 15 is 0 Å². The second-order valence-corrected chi connectivity index (χ2v) is 3.02. The Labute approximate surface area is 84.3 Å². The number of hydrogen-bond acceptors (Lipinski definition) is 3. The highest BCUT2D eigenvalue weighted by molar-refractivity contribution is 5.43. The standard InChI is InChI=1S/C11H16O3/c1-4-14-11-7-9(8(2)12)5-6-10(11)13-3/h5-8,12H,4H2,1-3H3/t8-/m1/s1. The molecule has 0 heterocycles. The molecule has 0 aliphatic carbocycles. The molecule has 3 heteroatoms. The SMILES string of the molecule is CCOc1cc([C@@H](C)O)ccc1OC. The van der Waals surface area contributed by atoms with Crippen molar-refractivity contribution in [2.24, 2.45) is 0 Å². The average Bonchev–Trinajstić information content (AvgIpc) is 2.18. The van der Waals surface area contributed by atoms with Crippen LogP contribution in [0, 0.1) is 0 Å². The van der Waals surface area contributed by atoms with Crippen molar-refractivity contribution in [3.8, 4) is 11.5 Å². The van der Waals surface area contributed by atoms with Crippen LogP contribution in [-0.2, 0) is 0 Å². The lowest BCUT2D eigenvalue weighted by Crippen LogP contribution is -1.98. The van der Waals surface area contributed by atoms with Gasteiger partial charge in [-0.2, -0.15) is 0 Å². The van der Waals surface area contributed by atoms with Gasteiger partial charge in [0.2, 0.25) is 0 Å². The van der Waals surface area contributed by atoms with Crippen LogP contribution in [0.1, 0.15) is 25.5 Å². The molecule has 1 N–H and O–H groups in total. The molecule has 78 valence electrons. The molecular formula is C11H16O3. The number of ether oxygens (including phenoxy) is 2. The summed E-state index contributed by atoms with van der Waals surface area (Å²) >= 11 is 0. The van der Waals surface area contributed by atoms with Gasteiger partial charge in [0.25, 0.3) is 0 Å². The third kappa shape index (κ3) is 2.39. The van der Waals surface area contributed by atoms with Crippen molar-refractivity contribution in [2.75, 3.05) is 13.7 Å². The molecule has 0 aliphatic rings. The van der Waals surface area contributed by atoms with Crippen LogP contribution in [0.25, 0.3) is 0 Å². The second-order valence-electron chi connectivity index (χ2n) is 3.02. The molecule has 0 bridgehead atoms. The summed E-state index contributed by atoms with van der Waals surface area (Å²) in [5, 5.41) is 9.38. The summed E-state index contributed by atoms with van der Waals surface area (Å²) in [5.41, 5.74) is 0.828. The number of aliphatic hydroxyl groups excluding tert-OH is 1. The normalized spacial score (nSPS) is 12.3. The van der Waals surface area contributed by atoms with E-state index in [4.69, 9.17) is 9.47 Å². The molecule has 0 saturated heterocycles. The molecule has 0 fully saturated rings. The third-order valence-electron chi connectivity index (χ3n) is 1.97. The molecule has 0 saturated carbocycles. The maximum absolute atomic E-state index is 9.38. The Morgan fingerprint density at radius 1 is 1.36 bits per heavy atom. The van der Waals surface area contributed by atoms with Gasteiger partial charge in [0.1, 0.15) is 0 Å². The fourth-order valence-corrected chi connectivity index (χ4v) is 1.22. The van der Waals surface area contributed by atoms with Crippen LogP contribution in [-0.4, -0.2) is 18.8 Å². The highest BCUT2D eigenvalue weighted by Gasteiger charge is 2.07. The molecule has 0 unspecified atom stereocenters. The van der Waals surface area contributed by atoms with Gasteiger partial charge >= 0.3 is 0 Å². The molecule has 1 rings (SSSR count). The summed E-state index contributed by atoms with van der Waals surface area (Å²) in [5.74, 6) is 1.37. The van der Waals surface area contributed by atoms with Gasteiger partial charge < -0.3 is 14.6 Å². The van der Waals surface area contributed by atoms with E-state index in [-0.39, 0.29) is 0 Å². The van der Waals surface area contributed by atoms with Crippen molar-refractivity contribution in [1.82, 2.24) is 0 Å². The van der Waals surface area contributed by atoms with E-state index in [1.165, 1.54) is 0 Å². The minimum absolute atomic E-state index is 0.486. The maximum atomic E-state index is 9.38. The zero-order chi connectivity index (χ0) is 10.6. The highest BCUT2D eigenvalue weighted by atomic mass is 16.5. The summed E-state index contributed by atoms with van der Waals surface area (Å²) in [7, 11) is 1.60. The minimum Gasteiger partial charge on any atom is -0.493 e. The number of methoxy groups -OCH3 is 1. The summed E-state index contributed by atoms with van der Waals surface area (Å²) in [6.07, 6.45) is -0.486. The predicted octanol–water partition coefficient (Wildman–Crippen LogP) is 2.15. The first-order valence-electron chi connectivity index (χ1n) is 4.67. The Morgan fingerprint density at radius 3 is 2.57 bits per heavy atom. The Hall–Kier alpha value is -1.22.